The Balaban J connectivity index is 1.61. The van der Waals surface area contributed by atoms with E-state index in [9.17, 15) is 9.18 Å². The maximum absolute atomic E-state index is 13.5. The topological polar surface area (TPSA) is 47.9 Å². The van der Waals surface area contributed by atoms with E-state index in [4.69, 9.17) is 23.2 Å². The van der Waals surface area contributed by atoms with E-state index in [1.165, 1.54) is 25.0 Å². The standard InChI is InChI=1S/C22H23Cl2FN4O/c23-16-7-10-20(18(24)13-16)29-21(15-5-8-17(25)9-6-15)14-19(26-29)22(30)27-28-11-3-1-2-4-12-28/h5-10,13,21H,1-4,11-12,14H2,(H,27,30)/t21-/m0/s1. The lowest BCUT2D eigenvalue weighted by Gasteiger charge is -2.25. The van der Waals surface area contributed by atoms with Crippen molar-refractivity contribution in [1.82, 2.24) is 10.4 Å². The van der Waals surface area contributed by atoms with Crippen LogP contribution < -0.4 is 10.4 Å². The van der Waals surface area contributed by atoms with Crippen molar-refractivity contribution in [2.24, 2.45) is 5.10 Å². The van der Waals surface area contributed by atoms with E-state index in [-0.39, 0.29) is 17.8 Å². The normalized spacial score (nSPS) is 20.0. The highest BCUT2D eigenvalue weighted by atomic mass is 35.5. The van der Waals surface area contributed by atoms with Gasteiger partial charge in [-0.25, -0.2) is 9.40 Å². The number of nitrogens with zero attached hydrogens (tertiary/aromatic N) is 3. The van der Waals surface area contributed by atoms with E-state index < -0.39 is 0 Å². The highest BCUT2D eigenvalue weighted by Gasteiger charge is 2.34. The molecule has 1 fully saturated rings. The Hall–Kier alpha value is -2.15. The highest BCUT2D eigenvalue weighted by Crippen LogP contribution is 2.39. The third-order valence-electron chi connectivity index (χ3n) is 5.45. The Bertz CT molecular complexity index is 943. The molecule has 1 atom stereocenters. The number of carbonyl (C=O) groups excluding carboxylic acids is 1. The minimum Gasteiger partial charge on any atom is -0.284 e. The van der Waals surface area contributed by atoms with Crippen LogP contribution in [0, 0.1) is 5.82 Å². The van der Waals surface area contributed by atoms with Crippen molar-refractivity contribution >= 4 is 40.5 Å². The van der Waals surface area contributed by atoms with E-state index in [1.54, 1.807) is 35.3 Å². The van der Waals surface area contributed by atoms with E-state index in [0.717, 1.165) is 31.5 Å². The average molecular weight is 449 g/mol. The molecular formula is C22H23Cl2FN4O. The van der Waals surface area contributed by atoms with Crippen molar-refractivity contribution in [2.75, 3.05) is 18.1 Å². The predicted octanol–water partition coefficient (Wildman–Crippen LogP) is 5.35. The van der Waals surface area contributed by atoms with E-state index in [2.05, 4.69) is 10.5 Å². The van der Waals surface area contributed by atoms with Crippen molar-refractivity contribution in [1.29, 1.82) is 0 Å². The summed E-state index contributed by atoms with van der Waals surface area (Å²) in [6, 6.07) is 11.1. The second-order valence-electron chi connectivity index (χ2n) is 7.60. The van der Waals surface area contributed by atoms with Gasteiger partial charge in [0.25, 0.3) is 5.91 Å². The van der Waals surface area contributed by atoms with Gasteiger partial charge < -0.3 is 0 Å². The summed E-state index contributed by atoms with van der Waals surface area (Å²) in [5.74, 6) is -0.524. The van der Waals surface area contributed by atoms with Crippen LogP contribution in [0.4, 0.5) is 10.1 Å². The molecule has 4 rings (SSSR count). The smallest absolute Gasteiger partial charge is 0.281 e. The lowest BCUT2D eigenvalue weighted by Crippen LogP contribution is -2.45. The van der Waals surface area contributed by atoms with Gasteiger partial charge in [-0.1, -0.05) is 48.2 Å². The van der Waals surface area contributed by atoms with E-state index >= 15 is 0 Å². The summed E-state index contributed by atoms with van der Waals surface area (Å²) in [6.45, 7) is 1.68. The number of hydrogen-bond donors (Lipinski definition) is 1. The number of anilines is 1. The number of halogens is 3. The Labute approximate surface area is 185 Å². The molecule has 0 radical (unpaired) electrons. The van der Waals surface area contributed by atoms with Gasteiger partial charge in [0, 0.05) is 24.5 Å². The van der Waals surface area contributed by atoms with Crippen LogP contribution in [0.15, 0.2) is 47.6 Å². The van der Waals surface area contributed by atoms with Crippen LogP contribution in [0.1, 0.15) is 43.7 Å². The molecule has 0 saturated carbocycles. The number of hydrazine groups is 1. The van der Waals surface area contributed by atoms with Gasteiger partial charge in [-0.2, -0.15) is 5.10 Å². The molecule has 30 heavy (non-hydrogen) atoms. The first-order valence-corrected chi connectivity index (χ1v) is 10.9. The summed E-state index contributed by atoms with van der Waals surface area (Å²) in [7, 11) is 0. The molecule has 2 aliphatic heterocycles. The Morgan fingerprint density at radius 3 is 2.40 bits per heavy atom. The van der Waals surface area contributed by atoms with E-state index in [1.807, 2.05) is 5.01 Å². The molecule has 2 aliphatic rings. The number of nitrogens with one attached hydrogen (secondary N) is 1. The van der Waals surface area contributed by atoms with Crippen molar-refractivity contribution < 1.29 is 9.18 Å². The molecule has 1 amide bonds. The molecule has 2 aromatic rings. The van der Waals surface area contributed by atoms with Crippen molar-refractivity contribution in [3.63, 3.8) is 0 Å². The summed E-state index contributed by atoms with van der Waals surface area (Å²) in [4.78, 5) is 12.9. The minimum absolute atomic E-state index is 0.211. The first kappa shape index (κ1) is 21.1. The zero-order chi connectivity index (χ0) is 21.1. The van der Waals surface area contributed by atoms with Crippen LogP contribution >= 0.6 is 23.2 Å². The lowest BCUT2D eigenvalue weighted by molar-refractivity contribution is -0.119. The summed E-state index contributed by atoms with van der Waals surface area (Å²) < 4.78 is 13.5. The molecule has 1 saturated heterocycles. The quantitative estimate of drug-likeness (QED) is 0.685. The molecule has 2 heterocycles. The monoisotopic (exact) mass is 448 g/mol. The molecule has 5 nitrogen and oxygen atoms in total. The lowest BCUT2D eigenvalue weighted by atomic mass is 10.0. The first-order chi connectivity index (χ1) is 14.5. The van der Waals surface area contributed by atoms with Gasteiger partial charge in [0.1, 0.15) is 11.5 Å². The molecule has 0 aromatic heterocycles. The molecule has 0 unspecified atom stereocenters. The zero-order valence-electron chi connectivity index (χ0n) is 16.5. The highest BCUT2D eigenvalue weighted by molar-refractivity contribution is 6.40. The maximum Gasteiger partial charge on any atom is 0.281 e. The second kappa shape index (κ2) is 9.33. The van der Waals surface area contributed by atoms with Gasteiger partial charge in [-0.3, -0.25) is 15.2 Å². The van der Waals surface area contributed by atoms with Crippen LogP contribution in [0.5, 0.6) is 0 Å². The van der Waals surface area contributed by atoms with Crippen LogP contribution in [0.2, 0.25) is 10.0 Å². The SMILES string of the molecule is O=C(NN1CCCCCC1)C1=NN(c2ccc(Cl)cc2Cl)[C@H](c2ccc(F)cc2)C1. The van der Waals surface area contributed by atoms with Gasteiger partial charge in [0.2, 0.25) is 0 Å². The average Bonchev–Trinajstić information content (AvgIpc) is 3.00. The Morgan fingerprint density at radius 2 is 1.73 bits per heavy atom. The van der Waals surface area contributed by atoms with Gasteiger partial charge in [-0.15, -0.1) is 0 Å². The molecule has 2 aromatic carbocycles. The van der Waals surface area contributed by atoms with Gasteiger partial charge in [-0.05, 0) is 48.7 Å². The molecule has 0 bridgehead atoms. The van der Waals surface area contributed by atoms with Gasteiger partial charge >= 0.3 is 0 Å². The largest absolute Gasteiger partial charge is 0.284 e. The number of hydrogen-bond acceptors (Lipinski definition) is 4. The van der Waals surface area contributed by atoms with Gasteiger partial charge in [0.15, 0.2) is 0 Å². The summed E-state index contributed by atoms with van der Waals surface area (Å²) in [6.07, 6.45) is 4.89. The zero-order valence-corrected chi connectivity index (χ0v) is 18.0. The van der Waals surface area contributed by atoms with Gasteiger partial charge in [0.05, 0.1) is 16.8 Å². The number of amides is 1. The summed E-state index contributed by atoms with van der Waals surface area (Å²) in [5.41, 5.74) is 4.91. The first-order valence-electron chi connectivity index (χ1n) is 10.1. The third kappa shape index (κ3) is 4.77. The molecule has 8 heteroatoms. The van der Waals surface area contributed by atoms with Crippen LogP contribution in [-0.2, 0) is 4.79 Å². The fourth-order valence-corrected chi connectivity index (χ4v) is 4.37. The molecule has 158 valence electrons. The number of hydrazone groups is 1. The minimum atomic E-state index is -0.312. The van der Waals surface area contributed by atoms with Crippen molar-refractivity contribution in [3.8, 4) is 0 Å². The Morgan fingerprint density at radius 1 is 1.03 bits per heavy atom. The van der Waals surface area contributed by atoms with E-state index in [0.29, 0.717) is 27.9 Å². The molecule has 1 N–H and O–H groups in total. The predicted molar refractivity (Wildman–Crippen MR) is 118 cm³/mol. The molecule has 0 spiro atoms. The fourth-order valence-electron chi connectivity index (χ4n) is 3.87. The van der Waals surface area contributed by atoms with Crippen molar-refractivity contribution in [3.05, 3.63) is 63.9 Å². The van der Waals surface area contributed by atoms with Crippen LogP contribution in [0.3, 0.4) is 0 Å². The number of benzene rings is 2. The van der Waals surface area contributed by atoms with Crippen LogP contribution in [-0.4, -0.2) is 29.7 Å². The van der Waals surface area contributed by atoms with Crippen molar-refractivity contribution in [2.45, 2.75) is 38.1 Å². The van der Waals surface area contributed by atoms with Crippen LogP contribution in [0.25, 0.3) is 0 Å². The Kier molecular flexibility index (Phi) is 6.56. The fraction of sp³-hybridized carbons (Fsp3) is 0.364. The summed E-state index contributed by atoms with van der Waals surface area (Å²) in [5, 5.41) is 9.26. The molecular weight excluding hydrogens is 426 g/mol. The number of carbonyl (C=O) groups is 1. The number of rotatable bonds is 4. The third-order valence-corrected chi connectivity index (χ3v) is 5.99. The summed E-state index contributed by atoms with van der Waals surface area (Å²) >= 11 is 12.5. The second-order valence-corrected chi connectivity index (χ2v) is 8.44. The maximum atomic E-state index is 13.5. The molecule has 0 aliphatic carbocycles.